The number of aliphatic imine (C=N–C) groups is 1. The van der Waals surface area contributed by atoms with Crippen LogP contribution in [-0.2, 0) is 4.79 Å². The summed E-state index contributed by atoms with van der Waals surface area (Å²) in [4.78, 5) is 27.6. The van der Waals surface area contributed by atoms with Gasteiger partial charge in [0, 0.05) is 23.8 Å². The van der Waals surface area contributed by atoms with Gasteiger partial charge in [-0.25, -0.2) is 4.99 Å². The molecule has 0 aliphatic carbocycles. The van der Waals surface area contributed by atoms with Crippen LogP contribution in [0.4, 0.5) is 11.4 Å². The number of carbonyl (C=O) groups is 1. The minimum absolute atomic E-state index is 0.0160. The molecule has 0 radical (unpaired) electrons. The fraction of sp³-hybridized carbons (Fsp3) is 0.0909. The zero-order valence-electron chi connectivity index (χ0n) is 16.2. The number of benzene rings is 2. The topological polar surface area (TPSA) is 97.7 Å². The number of furan rings is 1. The number of hydrogen-bond donors (Lipinski definition) is 1. The third-order valence-corrected chi connectivity index (χ3v) is 5.40. The largest absolute Gasteiger partial charge is 0.457 e. The second kappa shape index (κ2) is 8.00. The fourth-order valence-electron chi connectivity index (χ4n) is 2.98. The smallest absolute Gasteiger partial charge is 0.269 e. The van der Waals surface area contributed by atoms with Crippen molar-refractivity contribution in [2.24, 2.45) is 4.99 Å². The van der Waals surface area contributed by atoms with Crippen LogP contribution in [-0.4, -0.2) is 16.0 Å². The molecule has 30 heavy (non-hydrogen) atoms. The molecule has 0 atom stereocenters. The fourth-order valence-corrected chi connectivity index (χ4v) is 3.80. The van der Waals surface area contributed by atoms with Crippen molar-refractivity contribution in [3.63, 3.8) is 0 Å². The Morgan fingerprint density at radius 1 is 1.10 bits per heavy atom. The molecule has 2 aromatic carbocycles. The number of nitro groups is 1. The highest BCUT2D eigenvalue weighted by molar-refractivity contribution is 8.18. The minimum atomic E-state index is -0.449. The number of aryl methyl sites for hydroxylation is 2. The predicted octanol–water partition coefficient (Wildman–Crippen LogP) is 5.36. The first-order valence-corrected chi connectivity index (χ1v) is 9.92. The lowest BCUT2D eigenvalue weighted by Crippen LogP contribution is -2.19. The Labute approximate surface area is 176 Å². The van der Waals surface area contributed by atoms with Gasteiger partial charge in [-0.2, -0.15) is 0 Å². The van der Waals surface area contributed by atoms with E-state index in [0.717, 1.165) is 16.8 Å². The lowest BCUT2D eigenvalue weighted by molar-refractivity contribution is -0.384. The molecule has 4 rings (SSSR count). The van der Waals surface area contributed by atoms with Crippen molar-refractivity contribution < 1.29 is 14.1 Å². The molecule has 3 aromatic rings. The maximum absolute atomic E-state index is 12.3. The number of amides is 1. The van der Waals surface area contributed by atoms with Crippen molar-refractivity contribution >= 4 is 40.3 Å². The minimum Gasteiger partial charge on any atom is -0.457 e. The van der Waals surface area contributed by atoms with E-state index in [2.05, 4.69) is 10.3 Å². The van der Waals surface area contributed by atoms with Crippen LogP contribution in [0.1, 0.15) is 16.9 Å². The van der Waals surface area contributed by atoms with Gasteiger partial charge in [0.1, 0.15) is 11.5 Å². The molecule has 2 heterocycles. The van der Waals surface area contributed by atoms with Gasteiger partial charge in [0.15, 0.2) is 5.17 Å². The molecule has 1 fully saturated rings. The molecular formula is C22H17N3O4S. The lowest BCUT2D eigenvalue weighted by Gasteiger charge is -2.02. The summed E-state index contributed by atoms with van der Waals surface area (Å²) < 4.78 is 5.79. The van der Waals surface area contributed by atoms with Crippen LogP contribution < -0.4 is 5.32 Å². The summed E-state index contributed by atoms with van der Waals surface area (Å²) in [7, 11) is 0. The second-order valence-corrected chi connectivity index (χ2v) is 7.81. The summed E-state index contributed by atoms with van der Waals surface area (Å²) in [6.07, 6.45) is 1.65. The van der Waals surface area contributed by atoms with E-state index in [4.69, 9.17) is 4.42 Å². The molecule has 1 aromatic heterocycles. The van der Waals surface area contributed by atoms with Gasteiger partial charge in [-0.05, 0) is 61.5 Å². The van der Waals surface area contributed by atoms with E-state index in [1.807, 2.05) is 32.0 Å². The van der Waals surface area contributed by atoms with Crippen molar-refractivity contribution in [2.45, 2.75) is 13.8 Å². The van der Waals surface area contributed by atoms with Gasteiger partial charge in [-0.1, -0.05) is 17.7 Å². The SMILES string of the molecule is Cc1ccc(N=C2NC(=O)/C(=C\c3ccc(-c4ccc([N+](=O)[O-])cc4)o3)S2)c(C)c1. The Balaban J connectivity index is 1.53. The number of hydrogen-bond acceptors (Lipinski definition) is 6. The Hall–Kier alpha value is -3.65. The molecule has 0 saturated carbocycles. The molecule has 7 nitrogen and oxygen atoms in total. The number of thioether (sulfide) groups is 1. The first kappa shape index (κ1) is 19.7. The van der Waals surface area contributed by atoms with E-state index in [0.29, 0.717) is 27.2 Å². The zero-order valence-corrected chi connectivity index (χ0v) is 17.0. The van der Waals surface area contributed by atoms with Crippen molar-refractivity contribution in [1.29, 1.82) is 0 Å². The summed E-state index contributed by atoms with van der Waals surface area (Å²) in [6, 6.07) is 15.5. The summed E-state index contributed by atoms with van der Waals surface area (Å²) in [5, 5.41) is 14.1. The molecule has 1 aliphatic heterocycles. The first-order valence-electron chi connectivity index (χ1n) is 9.10. The van der Waals surface area contributed by atoms with E-state index in [1.165, 1.54) is 23.9 Å². The average molecular weight is 419 g/mol. The van der Waals surface area contributed by atoms with E-state index < -0.39 is 4.92 Å². The number of nitro benzene ring substituents is 1. The molecule has 0 unspecified atom stereocenters. The molecule has 0 spiro atoms. The highest BCUT2D eigenvalue weighted by atomic mass is 32.2. The Kier molecular flexibility index (Phi) is 5.24. The Bertz CT molecular complexity index is 1210. The molecule has 150 valence electrons. The van der Waals surface area contributed by atoms with Crippen LogP contribution in [0.2, 0.25) is 0 Å². The van der Waals surface area contributed by atoms with Gasteiger partial charge in [-0.15, -0.1) is 0 Å². The number of rotatable bonds is 4. The van der Waals surface area contributed by atoms with Gasteiger partial charge in [0.05, 0.1) is 15.5 Å². The maximum Gasteiger partial charge on any atom is 0.269 e. The molecule has 1 aliphatic rings. The van der Waals surface area contributed by atoms with Crippen LogP contribution in [0, 0.1) is 24.0 Å². The number of non-ortho nitro benzene ring substituents is 1. The quantitative estimate of drug-likeness (QED) is 0.349. The monoisotopic (exact) mass is 419 g/mol. The highest BCUT2D eigenvalue weighted by Gasteiger charge is 2.24. The zero-order chi connectivity index (χ0) is 21.3. The molecule has 8 heteroatoms. The van der Waals surface area contributed by atoms with E-state index in [9.17, 15) is 14.9 Å². The van der Waals surface area contributed by atoms with Crippen LogP contribution in [0.3, 0.4) is 0 Å². The standard InChI is InChI=1S/C22H17N3O4S/c1-13-3-9-18(14(2)11-13)23-22-24-21(26)20(30-22)12-17-8-10-19(29-17)15-4-6-16(7-5-15)25(27)28/h3-12H,1-2H3,(H,23,24,26)/b20-12+. The molecule has 1 amide bonds. The van der Waals surface area contributed by atoms with Crippen molar-refractivity contribution in [2.75, 3.05) is 0 Å². The highest BCUT2D eigenvalue weighted by Crippen LogP contribution is 2.31. The van der Waals surface area contributed by atoms with Crippen molar-refractivity contribution in [3.8, 4) is 11.3 Å². The predicted molar refractivity (Wildman–Crippen MR) is 118 cm³/mol. The van der Waals surface area contributed by atoms with Crippen molar-refractivity contribution in [1.82, 2.24) is 5.32 Å². The summed E-state index contributed by atoms with van der Waals surface area (Å²) >= 11 is 1.25. The second-order valence-electron chi connectivity index (χ2n) is 6.78. The van der Waals surface area contributed by atoms with E-state index in [1.54, 1.807) is 30.3 Å². The van der Waals surface area contributed by atoms with Crippen molar-refractivity contribution in [3.05, 3.63) is 86.5 Å². The van der Waals surface area contributed by atoms with Gasteiger partial charge in [0.25, 0.3) is 11.6 Å². The number of nitrogens with zero attached hydrogens (tertiary/aromatic N) is 2. The van der Waals surface area contributed by atoms with E-state index >= 15 is 0 Å². The number of carbonyl (C=O) groups excluding carboxylic acids is 1. The summed E-state index contributed by atoms with van der Waals surface area (Å²) in [6.45, 7) is 4.00. The van der Waals surface area contributed by atoms with Gasteiger partial charge >= 0.3 is 0 Å². The van der Waals surface area contributed by atoms with Crippen LogP contribution in [0.15, 0.2) is 68.9 Å². The third-order valence-electron chi connectivity index (χ3n) is 4.49. The molecule has 1 saturated heterocycles. The van der Waals surface area contributed by atoms with Crippen LogP contribution in [0.25, 0.3) is 17.4 Å². The molecule has 0 bridgehead atoms. The van der Waals surface area contributed by atoms with Gasteiger partial charge in [0.2, 0.25) is 0 Å². The summed E-state index contributed by atoms with van der Waals surface area (Å²) in [5.74, 6) is 0.829. The molecular weight excluding hydrogens is 402 g/mol. The lowest BCUT2D eigenvalue weighted by atomic mass is 10.1. The average Bonchev–Trinajstić information content (AvgIpc) is 3.31. The third kappa shape index (κ3) is 4.18. The molecule has 1 N–H and O–H groups in total. The van der Waals surface area contributed by atoms with Crippen LogP contribution in [0.5, 0.6) is 0 Å². The maximum atomic E-state index is 12.3. The van der Waals surface area contributed by atoms with Gasteiger partial charge < -0.3 is 9.73 Å². The van der Waals surface area contributed by atoms with Crippen LogP contribution >= 0.6 is 11.8 Å². The Morgan fingerprint density at radius 2 is 1.87 bits per heavy atom. The normalized spacial score (nSPS) is 16.3. The Morgan fingerprint density at radius 3 is 2.57 bits per heavy atom. The van der Waals surface area contributed by atoms with Gasteiger partial charge in [-0.3, -0.25) is 14.9 Å². The summed E-state index contributed by atoms with van der Waals surface area (Å²) in [5.41, 5.74) is 3.73. The first-order chi connectivity index (χ1) is 14.4. The van der Waals surface area contributed by atoms with E-state index in [-0.39, 0.29) is 11.6 Å². The number of nitrogens with one attached hydrogen (secondary N) is 1. The number of amidine groups is 1.